The maximum absolute atomic E-state index is 3.22. The van der Waals surface area contributed by atoms with Crippen molar-refractivity contribution in [3.63, 3.8) is 0 Å². The molecule has 1 saturated carbocycles. The van der Waals surface area contributed by atoms with E-state index >= 15 is 0 Å². The van der Waals surface area contributed by atoms with Gasteiger partial charge in [-0.1, -0.05) is 13.8 Å². The van der Waals surface area contributed by atoms with Crippen LogP contribution in [0.15, 0.2) is 0 Å². The van der Waals surface area contributed by atoms with Crippen LogP contribution >= 0.6 is 0 Å². The predicted octanol–water partition coefficient (Wildman–Crippen LogP) is 2.74. The lowest BCUT2D eigenvalue weighted by Crippen LogP contribution is -2.37. The Bertz CT molecular complexity index is 172. The Morgan fingerprint density at radius 2 is 1.81 bits per heavy atom. The SMILES string of the molecule is CNCCCN(C)C1CCC(C(C)C)CC1. The third-order valence-electron chi connectivity index (χ3n) is 4.25. The second-order valence-electron chi connectivity index (χ2n) is 5.75. The van der Waals surface area contributed by atoms with Crippen molar-refractivity contribution in [3.05, 3.63) is 0 Å². The monoisotopic (exact) mass is 226 g/mol. The molecule has 1 rings (SSSR count). The van der Waals surface area contributed by atoms with Gasteiger partial charge in [0.25, 0.3) is 0 Å². The second-order valence-corrected chi connectivity index (χ2v) is 5.75. The van der Waals surface area contributed by atoms with E-state index in [4.69, 9.17) is 0 Å². The van der Waals surface area contributed by atoms with Crippen molar-refractivity contribution in [2.45, 2.75) is 52.0 Å². The third-order valence-corrected chi connectivity index (χ3v) is 4.25. The lowest BCUT2D eigenvalue weighted by Gasteiger charge is -2.36. The minimum atomic E-state index is 0.854. The van der Waals surface area contributed by atoms with Gasteiger partial charge >= 0.3 is 0 Å². The van der Waals surface area contributed by atoms with E-state index in [-0.39, 0.29) is 0 Å². The molecule has 0 aromatic heterocycles. The lowest BCUT2D eigenvalue weighted by molar-refractivity contribution is 0.146. The summed E-state index contributed by atoms with van der Waals surface area (Å²) in [5.41, 5.74) is 0. The molecule has 1 fully saturated rings. The molecule has 1 aliphatic carbocycles. The van der Waals surface area contributed by atoms with Crippen LogP contribution in [-0.4, -0.2) is 38.1 Å². The Labute approximate surface area is 102 Å². The molecule has 0 atom stereocenters. The van der Waals surface area contributed by atoms with Crippen LogP contribution in [0.5, 0.6) is 0 Å². The highest BCUT2D eigenvalue weighted by Crippen LogP contribution is 2.31. The lowest BCUT2D eigenvalue weighted by atomic mass is 9.79. The van der Waals surface area contributed by atoms with E-state index < -0.39 is 0 Å². The van der Waals surface area contributed by atoms with Gasteiger partial charge in [-0.05, 0) is 71.1 Å². The maximum Gasteiger partial charge on any atom is 0.00924 e. The quantitative estimate of drug-likeness (QED) is 0.701. The van der Waals surface area contributed by atoms with Gasteiger partial charge < -0.3 is 10.2 Å². The Balaban J connectivity index is 2.19. The molecule has 0 saturated heterocycles. The van der Waals surface area contributed by atoms with Crippen LogP contribution in [0.3, 0.4) is 0 Å². The summed E-state index contributed by atoms with van der Waals surface area (Å²) in [6.07, 6.45) is 6.99. The molecule has 0 radical (unpaired) electrons. The summed E-state index contributed by atoms with van der Waals surface area (Å²) in [6.45, 7) is 7.15. The molecule has 0 spiro atoms. The van der Waals surface area contributed by atoms with E-state index in [2.05, 4.69) is 31.1 Å². The van der Waals surface area contributed by atoms with Gasteiger partial charge in [0.15, 0.2) is 0 Å². The van der Waals surface area contributed by atoms with Gasteiger partial charge in [0.1, 0.15) is 0 Å². The molecule has 0 unspecified atom stereocenters. The van der Waals surface area contributed by atoms with Crippen molar-refractivity contribution in [1.82, 2.24) is 10.2 Å². The fourth-order valence-electron chi connectivity index (χ4n) is 2.90. The first kappa shape index (κ1) is 14.0. The van der Waals surface area contributed by atoms with Crippen molar-refractivity contribution in [2.24, 2.45) is 11.8 Å². The molecule has 0 aromatic carbocycles. The highest BCUT2D eigenvalue weighted by atomic mass is 15.1. The molecule has 0 amide bonds. The highest BCUT2D eigenvalue weighted by molar-refractivity contribution is 4.79. The van der Waals surface area contributed by atoms with Crippen LogP contribution in [0.4, 0.5) is 0 Å². The van der Waals surface area contributed by atoms with Gasteiger partial charge in [-0.25, -0.2) is 0 Å². The van der Waals surface area contributed by atoms with Gasteiger partial charge in [0.05, 0.1) is 0 Å². The van der Waals surface area contributed by atoms with E-state index in [9.17, 15) is 0 Å². The van der Waals surface area contributed by atoms with Gasteiger partial charge in [0, 0.05) is 6.04 Å². The van der Waals surface area contributed by atoms with Gasteiger partial charge in [-0.2, -0.15) is 0 Å². The number of rotatable bonds is 6. The zero-order valence-corrected chi connectivity index (χ0v) is 11.6. The fraction of sp³-hybridized carbons (Fsp3) is 1.00. The average molecular weight is 226 g/mol. The Hall–Kier alpha value is -0.0800. The zero-order chi connectivity index (χ0) is 12.0. The Morgan fingerprint density at radius 3 is 2.31 bits per heavy atom. The smallest absolute Gasteiger partial charge is 0.00924 e. The van der Waals surface area contributed by atoms with E-state index in [1.165, 1.54) is 38.6 Å². The van der Waals surface area contributed by atoms with Crippen molar-refractivity contribution in [3.8, 4) is 0 Å². The van der Waals surface area contributed by atoms with E-state index in [0.717, 1.165) is 24.4 Å². The van der Waals surface area contributed by atoms with Crippen LogP contribution in [-0.2, 0) is 0 Å². The average Bonchev–Trinajstić information content (AvgIpc) is 2.29. The standard InChI is InChI=1S/C14H30N2/c1-12(2)13-6-8-14(9-7-13)16(4)11-5-10-15-3/h12-15H,5-11H2,1-4H3. The minimum Gasteiger partial charge on any atom is -0.320 e. The van der Waals surface area contributed by atoms with Crippen molar-refractivity contribution in [1.29, 1.82) is 0 Å². The Kier molecular flexibility index (Phi) is 6.37. The molecule has 0 bridgehead atoms. The molecule has 0 aromatic rings. The van der Waals surface area contributed by atoms with Crippen LogP contribution < -0.4 is 5.32 Å². The van der Waals surface area contributed by atoms with Crippen molar-refractivity contribution < 1.29 is 0 Å². The number of hydrogen-bond donors (Lipinski definition) is 1. The van der Waals surface area contributed by atoms with Gasteiger partial charge in [0.2, 0.25) is 0 Å². The summed E-state index contributed by atoms with van der Waals surface area (Å²) in [4.78, 5) is 2.58. The van der Waals surface area contributed by atoms with E-state index in [1.807, 2.05) is 7.05 Å². The van der Waals surface area contributed by atoms with Crippen LogP contribution in [0.2, 0.25) is 0 Å². The number of nitrogens with zero attached hydrogens (tertiary/aromatic N) is 1. The fourth-order valence-corrected chi connectivity index (χ4v) is 2.90. The van der Waals surface area contributed by atoms with Crippen molar-refractivity contribution >= 4 is 0 Å². The highest BCUT2D eigenvalue weighted by Gasteiger charge is 2.25. The summed E-state index contributed by atoms with van der Waals surface area (Å²) in [7, 11) is 4.34. The van der Waals surface area contributed by atoms with E-state index in [1.54, 1.807) is 0 Å². The molecule has 1 N–H and O–H groups in total. The summed E-state index contributed by atoms with van der Waals surface area (Å²) >= 11 is 0. The minimum absolute atomic E-state index is 0.854. The Morgan fingerprint density at radius 1 is 1.19 bits per heavy atom. The van der Waals surface area contributed by atoms with Crippen LogP contribution in [0.1, 0.15) is 46.0 Å². The molecule has 0 aliphatic heterocycles. The normalized spacial score (nSPS) is 26.6. The molecular weight excluding hydrogens is 196 g/mol. The van der Waals surface area contributed by atoms with Gasteiger partial charge in [-0.3, -0.25) is 0 Å². The first-order chi connectivity index (χ1) is 7.65. The molecule has 16 heavy (non-hydrogen) atoms. The summed E-state index contributed by atoms with van der Waals surface area (Å²) in [5.74, 6) is 1.87. The summed E-state index contributed by atoms with van der Waals surface area (Å²) in [6, 6.07) is 0.854. The molecule has 0 heterocycles. The van der Waals surface area contributed by atoms with Gasteiger partial charge in [-0.15, -0.1) is 0 Å². The second kappa shape index (κ2) is 7.29. The first-order valence-corrected chi connectivity index (χ1v) is 7.00. The molecular formula is C14H30N2. The van der Waals surface area contributed by atoms with Crippen LogP contribution in [0.25, 0.3) is 0 Å². The molecule has 2 nitrogen and oxygen atoms in total. The zero-order valence-electron chi connectivity index (χ0n) is 11.6. The largest absolute Gasteiger partial charge is 0.320 e. The number of hydrogen-bond acceptors (Lipinski definition) is 2. The maximum atomic E-state index is 3.22. The third kappa shape index (κ3) is 4.42. The first-order valence-electron chi connectivity index (χ1n) is 7.00. The van der Waals surface area contributed by atoms with Crippen molar-refractivity contribution in [2.75, 3.05) is 27.2 Å². The summed E-state index contributed by atoms with van der Waals surface area (Å²) < 4.78 is 0. The molecule has 1 aliphatic rings. The molecule has 2 heteroatoms. The van der Waals surface area contributed by atoms with E-state index in [0.29, 0.717) is 0 Å². The predicted molar refractivity (Wildman–Crippen MR) is 71.8 cm³/mol. The van der Waals surface area contributed by atoms with Crippen LogP contribution in [0, 0.1) is 11.8 Å². The number of nitrogens with one attached hydrogen (secondary N) is 1. The molecule has 96 valence electrons. The topological polar surface area (TPSA) is 15.3 Å². The summed E-state index contributed by atoms with van der Waals surface area (Å²) in [5, 5.41) is 3.22.